The molecule has 0 unspecified atom stereocenters. The van der Waals surface area contributed by atoms with Gasteiger partial charge >= 0.3 is 13.2 Å². The molecular formula is C27H37BN4O6. The number of aromatic nitrogens is 2. The maximum atomic E-state index is 13.5. The van der Waals surface area contributed by atoms with Crippen molar-refractivity contribution in [3.63, 3.8) is 0 Å². The highest BCUT2D eigenvalue weighted by molar-refractivity contribution is 6.62. The number of H-pyrrole nitrogens is 1. The zero-order valence-corrected chi connectivity index (χ0v) is 23.2. The van der Waals surface area contributed by atoms with Crippen molar-refractivity contribution in [2.24, 2.45) is 5.92 Å². The highest BCUT2D eigenvalue weighted by Crippen LogP contribution is 2.40. The molecule has 0 radical (unpaired) electrons. The van der Waals surface area contributed by atoms with Gasteiger partial charge in [-0.25, -0.2) is 9.78 Å². The van der Waals surface area contributed by atoms with Crippen molar-refractivity contribution in [2.75, 3.05) is 13.7 Å². The molecule has 10 nitrogen and oxygen atoms in total. The van der Waals surface area contributed by atoms with E-state index in [0.29, 0.717) is 13.2 Å². The molecule has 2 aromatic rings. The third-order valence-electron chi connectivity index (χ3n) is 8.20. The SMILES string of the molecule is COC(=O)N[C@H](C(=O)N1CCC[C@H]1c1nc2c([nH]1)COc1cc(B3OC(C)(C)C(C)(C)O3)ccc1-2)C(C)C. The third-order valence-corrected chi connectivity index (χ3v) is 8.20. The highest BCUT2D eigenvalue weighted by Gasteiger charge is 2.52. The molecule has 0 aliphatic carbocycles. The Balaban J connectivity index is 1.38. The van der Waals surface area contributed by atoms with Crippen LogP contribution in [0.5, 0.6) is 5.75 Å². The molecule has 11 heteroatoms. The second-order valence-electron chi connectivity index (χ2n) is 11.6. The van der Waals surface area contributed by atoms with E-state index >= 15 is 0 Å². The fourth-order valence-electron chi connectivity index (χ4n) is 5.24. The summed E-state index contributed by atoms with van der Waals surface area (Å²) >= 11 is 0. The number of alkyl carbamates (subject to hydrolysis) is 1. The Morgan fingerprint density at radius 3 is 2.58 bits per heavy atom. The van der Waals surface area contributed by atoms with Crippen LogP contribution < -0.4 is 15.5 Å². The first kappa shape index (κ1) is 26.6. The van der Waals surface area contributed by atoms with Crippen molar-refractivity contribution < 1.29 is 28.4 Å². The molecule has 1 aromatic heterocycles. The Labute approximate surface area is 223 Å². The Hall–Kier alpha value is -3.05. The minimum atomic E-state index is -0.676. The third kappa shape index (κ3) is 4.55. The topological polar surface area (TPSA) is 115 Å². The van der Waals surface area contributed by atoms with E-state index in [-0.39, 0.29) is 17.9 Å². The predicted molar refractivity (Wildman–Crippen MR) is 142 cm³/mol. The summed E-state index contributed by atoms with van der Waals surface area (Å²) in [6, 6.07) is 5.06. The predicted octanol–water partition coefficient (Wildman–Crippen LogP) is 3.31. The summed E-state index contributed by atoms with van der Waals surface area (Å²) in [5.41, 5.74) is 2.63. The summed E-state index contributed by atoms with van der Waals surface area (Å²) < 4.78 is 23.3. The van der Waals surface area contributed by atoms with Crippen molar-refractivity contribution in [1.82, 2.24) is 20.2 Å². The van der Waals surface area contributed by atoms with Gasteiger partial charge in [-0.1, -0.05) is 19.9 Å². The van der Waals surface area contributed by atoms with Gasteiger partial charge in [0.25, 0.3) is 0 Å². The lowest BCUT2D eigenvalue weighted by Crippen LogP contribution is -2.51. The van der Waals surface area contributed by atoms with Crippen LogP contribution in [0.4, 0.5) is 4.79 Å². The van der Waals surface area contributed by atoms with Crippen LogP contribution in [0.15, 0.2) is 18.2 Å². The van der Waals surface area contributed by atoms with E-state index in [2.05, 4.69) is 10.3 Å². The fraction of sp³-hybridized carbons (Fsp3) is 0.593. The average Bonchev–Trinajstić information content (AvgIpc) is 3.57. The first-order valence-corrected chi connectivity index (χ1v) is 13.3. The molecule has 2 amide bonds. The molecule has 0 spiro atoms. The van der Waals surface area contributed by atoms with Crippen molar-refractivity contribution in [1.29, 1.82) is 0 Å². The van der Waals surface area contributed by atoms with Crippen molar-refractivity contribution >= 4 is 24.6 Å². The maximum absolute atomic E-state index is 13.5. The number of hydrogen-bond donors (Lipinski definition) is 2. The zero-order chi connectivity index (χ0) is 27.4. The number of methoxy groups -OCH3 is 1. The number of imidazole rings is 1. The molecule has 3 aliphatic heterocycles. The van der Waals surface area contributed by atoms with Crippen LogP contribution in [-0.4, -0.2) is 64.9 Å². The largest absolute Gasteiger partial charge is 0.494 e. The van der Waals surface area contributed by atoms with E-state index in [1.54, 1.807) is 0 Å². The lowest BCUT2D eigenvalue weighted by molar-refractivity contribution is -0.135. The van der Waals surface area contributed by atoms with Gasteiger partial charge in [0, 0.05) is 12.1 Å². The number of aromatic amines is 1. The van der Waals surface area contributed by atoms with Crippen molar-refractivity contribution in [3.05, 3.63) is 29.7 Å². The van der Waals surface area contributed by atoms with Crippen molar-refractivity contribution in [3.8, 4) is 17.0 Å². The molecule has 4 heterocycles. The van der Waals surface area contributed by atoms with Crippen LogP contribution >= 0.6 is 0 Å². The van der Waals surface area contributed by atoms with Crippen LogP contribution in [0.25, 0.3) is 11.3 Å². The summed E-state index contributed by atoms with van der Waals surface area (Å²) in [4.78, 5) is 35.5. The lowest BCUT2D eigenvalue weighted by Gasteiger charge is -2.32. The molecular weight excluding hydrogens is 487 g/mol. The first-order valence-electron chi connectivity index (χ1n) is 13.3. The number of carbonyl (C=O) groups excluding carboxylic acids is 2. The standard InChI is InChI=1S/C27H37BN4O6/c1-15(2)21(31-25(34)35-7)24(33)32-12-8-9-19(32)23-29-18-14-36-20-13-16(10-11-17(20)22(18)30-23)28-37-26(3,4)27(5,6)38-28/h10-11,13,15,19,21H,8-9,12,14H2,1-7H3,(H,29,30)(H,31,34)/t19-,21-/m0/s1. The van der Waals surface area contributed by atoms with E-state index in [4.69, 9.17) is 23.8 Å². The second-order valence-corrected chi connectivity index (χ2v) is 11.6. The molecule has 2 fully saturated rings. The Bertz CT molecular complexity index is 1230. The molecule has 204 valence electrons. The summed E-state index contributed by atoms with van der Waals surface area (Å²) in [5.74, 6) is 1.23. The minimum Gasteiger partial charge on any atom is -0.487 e. The van der Waals surface area contributed by atoms with Gasteiger partial charge in [-0.15, -0.1) is 0 Å². The summed E-state index contributed by atoms with van der Waals surface area (Å²) in [7, 11) is 0.817. The summed E-state index contributed by atoms with van der Waals surface area (Å²) in [6.07, 6.45) is 1.03. The zero-order valence-electron chi connectivity index (χ0n) is 23.2. The molecule has 1 aromatic carbocycles. The van der Waals surface area contributed by atoms with Crippen LogP contribution in [0.3, 0.4) is 0 Å². The minimum absolute atomic E-state index is 0.0916. The maximum Gasteiger partial charge on any atom is 0.494 e. The van der Waals surface area contributed by atoms with Crippen molar-refractivity contribution in [2.45, 2.75) is 84.3 Å². The molecule has 0 bridgehead atoms. The molecule has 2 atom stereocenters. The van der Waals surface area contributed by atoms with E-state index in [9.17, 15) is 9.59 Å². The van der Waals surface area contributed by atoms with Gasteiger partial charge in [-0.2, -0.15) is 0 Å². The van der Waals surface area contributed by atoms with Gasteiger partial charge in [-0.05, 0) is 64.1 Å². The van der Waals surface area contributed by atoms with Gasteiger partial charge in [0.2, 0.25) is 5.91 Å². The van der Waals surface area contributed by atoms with Gasteiger partial charge in [0.05, 0.1) is 35.7 Å². The number of carbonyl (C=O) groups is 2. The number of likely N-dealkylation sites (tertiary alicyclic amines) is 1. The van der Waals surface area contributed by atoms with Gasteiger partial charge in [0.15, 0.2) is 0 Å². The highest BCUT2D eigenvalue weighted by atomic mass is 16.7. The van der Waals surface area contributed by atoms with Crippen LogP contribution in [-0.2, 0) is 25.4 Å². The molecule has 2 N–H and O–H groups in total. The number of amides is 2. The fourth-order valence-corrected chi connectivity index (χ4v) is 5.24. The number of hydrogen-bond acceptors (Lipinski definition) is 7. The lowest BCUT2D eigenvalue weighted by atomic mass is 9.78. The van der Waals surface area contributed by atoms with Crippen LogP contribution in [0.2, 0.25) is 0 Å². The second kappa shape index (κ2) is 9.61. The molecule has 38 heavy (non-hydrogen) atoms. The molecule has 5 rings (SSSR count). The van der Waals surface area contributed by atoms with Gasteiger partial charge in [0.1, 0.15) is 24.2 Å². The molecule has 0 saturated carbocycles. The van der Waals surface area contributed by atoms with Gasteiger partial charge < -0.3 is 34.0 Å². The number of nitrogens with one attached hydrogen (secondary N) is 2. The van der Waals surface area contributed by atoms with E-state index < -0.39 is 30.5 Å². The molecule has 2 saturated heterocycles. The Morgan fingerprint density at radius 2 is 1.92 bits per heavy atom. The number of rotatable bonds is 5. The van der Waals surface area contributed by atoms with Crippen LogP contribution in [0, 0.1) is 5.92 Å². The summed E-state index contributed by atoms with van der Waals surface area (Å²) in [6.45, 7) is 12.9. The molecule has 3 aliphatic rings. The Kier molecular flexibility index (Phi) is 6.71. The van der Waals surface area contributed by atoms with E-state index in [0.717, 1.165) is 46.8 Å². The van der Waals surface area contributed by atoms with E-state index in [1.807, 2.05) is 64.6 Å². The quantitative estimate of drug-likeness (QED) is 0.577. The van der Waals surface area contributed by atoms with Gasteiger partial charge in [-0.3, -0.25) is 4.79 Å². The smallest absolute Gasteiger partial charge is 0.487 e. The van der Waals surface area contributed by atoms with Crippen LogP contribution in [0.1, 0.15) is 71.9 Å². The number of nitrogens with zero attached hydrogens (tertiary/aromatic N) is 2. The number of fused-ring (bicyclic) bond motifs is 3. The average molecular weight is 524 g/mol. The first-order chi connectivity index (χ1) is 17.9. The Morgan fingerprint density at radius 1 is 1.21 bits per heavy atom. The number of benzene rings is 1. The monoisotopic (exact) mass is 524 g/mol. The normalized spacial score (nSPS) is 22.1. The number of ether oxygens (including phenoxy) is 2. The van der Waals surface area contributed by atoms with E-state index in [1.165, 1.54) is 7.11 Å². The summed E-state index contributed by atoms with van der Waals surface area (Å²) in [5, 5.41) is 2.69.